The summed E-state index contributed by atoms with van der Waals surface area (Å²) in [6, 6.07) is 30.4. The number of amides is 8. The van der Waals surface area contributed by atoms with Gasteiger partial charge in [-0.25, -0.2) is 62.6 Å². The van der Waals surface area contributed by atoms with Crippen molar-refractivity contribution in [3.05, 3.63) is 281 Å². The molecule has 2 saturated carbocycles. The van der Waals surface area contributed by atoms with Crippen LogP contribution in [-0.4, -0.2) is 113 Å². The molecule has 2 saturated heterocycles. The number of halogens is 10. The van der Waals surface area contributed by atoms with E-state index in [0.29, 0.717) is 74.4 Å². The molecule has 0 radical (unpaired) electrons. The van der Waals surface area contributed by atoms with E-state index in [0.717, 1.165) is 98.9 Å². The number of rotatable bonds is 24. The van der Waals surface area contributed by atoms with Crippen LogP contribution in [0.4, 0.5) is 67.2 Å². The zero-order chi connectivity index (χ0) is 97.9. The number of aryl methyl sites for hydroxylation is 4. The average Bonchev–Trinajstić information content (AvgIpc) is 1.62. The Bertz CT molecular complexity index is 6580. The Morgan fingerprint density at radius 3 is 1.04 bits per heavy atom. The smallest absolute Gasteiger partial charge is 0.254 e. The van der Waals surface area contributed by atoms with E-state index in [9.17, 15) is 64.7 Å². The topological polar surface area (TPSA) is 483 Å². The van der Waals surface area contributed by atoms with Gasteiger partial charge in [-0.15, -0.1) is 0 Å². The molecule has 20 N–H and O–H groups in total. The predicted octanol–water partition coefficient (Wildman–Crippen LogP) is 14.2. The minimum absolute atomic E-state index is 0.000621. The summed E-state index contributed by atoms with van der Waals surface area (Å²) in [7, 11) is 0. The van der Waals surface area contributed by atoms with Gasteiger partial charge in [-0.3, -0.25) is 38.4 Å². The van der Waals surface area contributed by atoms with Gasteiger partial charge in [0.15, 0.2) is 23.3 Å². The van der Waals surface area contributed by atoms with Crippen molar-refractivity contribution in [1.82, 2.24) is 60.4 Å². The lowest BCUT2D eigenvalue weighted by atomic mass is 10.0. The molecule has 0 spiro atoms. The van der Waals surface area contributed by atoms with E-state index in [2.05, 4.69) is 41.7 Å². The highest BCUT2D eigenvalue weighted by atomic mass is 19.2. The third kappa shape index (κ3) is 21.5. The molecule has 4 aromatic heterocycles. The van der Waals surface area contributed by atoms with Crippen LogP contribution in [0.5, 0.6) is 0 Å². The zero-order valence-corrected chi connectivity index (χ0v) is 74.2. The highest BCUT2D eigenvalue weighted by Gasteiger charge is 2.36. The molecule has 4 fully saturated rings. The highest BCUT2D eigenvalue weighted by Crippen LogP contribution is 2.42. The molecule has 0 bridgehead atoms. The number of hydrogen-bond acceptors (Lipinski definition) is 18. The first-order valence-electron chi connectivity index (χ1n) is 43.5. The van der Waals surface area contributed by atoms with Crippen molar-refractivity contribution in [2.24, 2.45) is 22.9 Å². The molecule has 4 aliphatic rings. The van der Waals surface area contributed by atoms with Crippen LogP contribution in [-0.2, 0) is 35.7 Å². The van der Waals surface area contributed by atoms with Gasteiger partial charge < -0.3 is 76.6 Å². The molecule has 0 unspecified atom stereocenters. The number of primary amides is 4. The summed E-state index contributed by atoms with van der Waals surface area (Å²) in [4.78, 5) is 98.0. The number of hydrogen-bond donors (Lipinski definition) is 12. The first kappa shape index (κ1) is 98.3. The molecule has 30 nitrogen and oxygen atoms in total. The lowest BCUT2D eigenvalue weighted by molar-refractivity contribution is 0.0668. The summed E-state index contributed by atoms with van der Waals surface area (Å²) in [5.74, 6) is -15.3. The van der Waals surface area contributed by atoms with Crippen molar-refractivity contribution in [2.75, 3.05) is 49.4 Å². The second-order valence-electron chi connectivity index (χ2n) is 33.2. The summed E-state index contributed by atoms with van der Waals surface area (Å²) in [6.45, 7) is 7.66. The monoisotopic (exact) mass is 1880 g/mol. The fourth-order valence-corrected chi connectivity index (χ4v) is 16.9. The Hall–Kier alpha value is -15.2. The summed E-state index contributed by atoms with van der Waals surface area (Å²) in [6.07, 6.45) is 9.63. The van der Waals surface area contributed by atoms with Gasteiger partial charge in [0.1, 0.15) is 103 Å². The Morgan fingerprint density at radius 1 is 0.346 bits per heavy atom. The summed E-state index contributed by atoms with van der Waals surface area (Å²) >= 11 is 0. The molecule has 40 heteroatoms. The van der Waals surface area contributed by atoms with Crippen molar-refractivity contribution in [2.45, 2.75) is 155 Å². The van der Waals surface area contributed by atoms with Crippen molar-refractivity contribution >= 4 is 70.5 Å². The molecule has 2 aliphatic carbocycles. The number of carbonyl (C=O) groups excluding carboxylic acids is 8. The van der Waals surface area contributed by atoms with Crippen LogP contribution in [0.25, 0.3) is 45.0 Å². The molecule has 0 atom stereocenters. The lowest BCUT2D eigenvalue weighted by Gasteiger charge is -2.23. The molecule has 6 heterocycles. The van der Waals surface area contributed by atoms with E-state index in [1.807, 2.05) is 6.07 Å². The van der Waals surface area contributed by atoms with E-state index in [1.54, 1.807) is 70.2 Å². The molecule has 2 aliphatic heterocycles. The normalized spacial score (nSPS) is 14.0. The first-order chi connectivity index (χ1) is 64.9. The van der Waals surface area contributed by atoms with Crippen molar-refractivity contribution < 1.29 is 91.7 Å². The second kappa shape index (κ2) is 42.8. The van der Waals surface area contributed by atoms with Crippen LogP contribution in [0, 0.1) is 85.9 Å². The third-order valence-corrected chi connectivity index (χ3v) is 24.2. The third-order valence-electron chi connectivity index (χ3n) is 24.2. The van der Waals surface area contributed by atoms with E-state index < -0.39 is 117 Å². The van der Waals surface area contributed by atoms with Gasteiger partial charge in [-0.2, -0.15) is 20.4 Å². The van der Waals surface area contributed by atoms with Crippen LogP contribution in [0.3, 0.4) is 0 Å². The molecule has 12 aromatic rings. The van der Waals surface area contributed by atoms with Crippen LogP contribution in [0.15, 0.2) is 133 Å². The number of nitrogens with zero attached hydrogens (tertiary/aromatic N) is 8. The predicted molar refractivity (Wildman–Crippen MR) is 485 cm³/mol. The highest BCUT2D eigenvalue weighted by molar-refractivity contribution is 6.06. The van der Waals surface area contributed by atoms with Gasteiger partial charge in [0.25, 0.3) is 47.3 Å². The zero-order valence-electron chi connectivity index (χ0n) is 74.2. The molecular weight excluding hydrogens is 1780 g/mol. The minimum Gasteiger partial charge on any atom is -0.383 e. The largest absolute Gasteiger partial charge is 0.383 e. The average molecular weight is 1880 g/mol. The fourth-order valence-electron chi connectivity index (χ4n) is 16.9. The van der Waals surface area contributed by atoms with Crippen LogP contribution in [0.2, 0.25) is 0 Å². The van der Waals surface area contributed by atoms with E-state index in [4.69, 9.17) is 55.3 Å². The van der Waals surface area contributed by atoms with Crippen molar-refractivity contribution in [1.29, 1.82) is 0 Å². The summed E-state index contributed by atoms with van der Waals surface area (Å²) in [5.41, 5.74) is 47.6. The minimum atomic E-state index is -1.27. The lowest BCUT2D eigenvalue weighted by Crippen LogP contribution is -2.25. The summed E-state index contributed by atoms with van der Waals surface area (Å²) in [5, 5.41) is 27.5. The van der Waals surface area contributed by atoms with Gasteiger partial charge >= 0.3 is 0 Å². The molecule has 16 rings (SSSR count). The maximum atomic E-state index is 15.1. The summed E-state index contributed by atoms with van der Waals surface area (Å²) < 4.78 is 164. The Labute approximate surface area is 772 Å². The van der Waals surface area contributed by atoms with Gasteiger partial charge in [-0.05, 0) is 180 Å². The van der Waals surface area contributed by atoms with Crippen molar-refractivity contribution in [3.8, 4) is 45.0 Å². The molecule has 8 aromatic carbocycles. The van der Waals surface area contributed by atoms with Gasteiger partial charge in [0, 0.05) is 108 Å². The number of aromatic nitrogens is 8. The maximum Gasteiger partial charge on any atom is 0.254 e. The number of nitrogens with one attached hydrogen (secondary N) is 4. The number of anilines is 4. The van der Waals surface area contributed by atoms with E-state index in [-0.39, 0.29) is 163 Å². The van der Waals surface area contributed by atoms with Crippen LogP contribution < -0.4 is 67.1 Å². The Kier molecular flexibility index (Phi) is 30.9. The number of nitrogen functional groups attached to an aromatic ring is 4. The maximum absolute atomic E-state index is 15.1. The standard InChI is InChI=1S/C24H24F3N5O3.C24H24F3N5O2.C24H25F2N5O3.C24H25F2N5O2/c1-12-2-4-14(25)10-17(12)24(34)30-11-13-3-5-16(20(27)19(13)26)21-18(23(29)33)22(28)32(31-21)15-6-8-35-9-7-15;1-12-6-7-14(25)10-16(12)24(34)30-11-17-18(26)8-13(9-19(17)27)21-20(23(29)33)22(28)32(31-21)15-4-2-3-5-15;1-13-4-2-3-5-16(13)24(33)29-12-14-6-7-17(20(26)19(14)25)21-18(23(28)32)22(27)31(30-21)15-8-10-34-11-9-15;1-13-6-2-5-9-16(13)24(33)29-12-14-10-17(25)19(18(26)11-14)21-20(23(28)32)22(27)31(30-21)15-7-3-4-8-15/h2-5,10,15H,6-9,11,28H2,1H3,(H2,29,33)(H,30,34);6-10,15H,2-5,11,28H2,1H3,(H2,29,33)(H,30,34);2-7,15H,8-12,27H2,1H3,(H2,28,32)(H,29,33);2,5-6,9-11,15H,3-4,7-8,12,27H2,1H3,(H2,28,32)(H,29,33). The molecule has 712 valence electrons. The van der Waals surface area contributed by atoms with Gasteiger partial charge in [0.05, 0.1) is 29.7 Å². The molecular formula is C96H98F10N20O10. The van der Waals surface area contributed by atoms with E-state index in [1.165, 1.54) is 67.3 Å². The SMILES string of the molecule is Cc1ccc(F)cc1C(=O)NCc1c(F)cc(-c2nn(C3CCCC3)c(N)c2C(N)=O)cc1F.Cc1ccc(F)cc1C(=O)NCc1ccc(-c2nn(C3CCOCC3)c(N)c2C(N)=O)c(F)c1F.Cc1ccccc1C(=O)NCc1cc(F)c(-c2nn(C3CCCC3)c(N)c2C(N)=O)c(F)c1.Cc1ccccc1C(=O)NCc1ccc(-c2nn(C3CCOCC3)c(N)c2C(N)=O)c(F)c1F. The van der Waals surface area contributed by atoms with E-state index >= 15 is 17.6 Å². The Balaban J connectivity index is 0.000000153. The van der Waals surface area contributed by atoms with Crippen LogP contribution >= 0.6 is 0 Å². The number of nitrogens with two attached hydrogens (primary N) is 8. The fraction of sp³-hybridized carbons (Fsp3) is 0.292. The van der Waals surface area contributed by atoms with Crippen LogP contribution in [0.1, 0.15) is 229 Å². The van der Waals surface area contributed by atoms with Gasteiger partial charge in [0.2, 0.25) is 0 Å². The number of benzene rings is 8. The number of ether oxygens (including phenoxy) is 2. The molecule has 8 amide bonds. The Morgan fingerprint density at radius 2 is 0.662 bits per heavy atom. The molecule has 136 heavy (non-hydrogen) atoms. The number of carbonyl (C=O) groups is 8. The second-order valence-corrected chi connectivity index (χ2v) is 33.2. The van der Waals surface area contributed by atoms with Gasteiger partial charge in [-0.1, -0.05) is 86.3 Å². The van der Waals surface area contributed by atoms with Crippen molar-refractivity contribution in [3.63, 3.8) is 0 Å². The quantitative estimate of drug-likeness (QED) is 0.0250. The first-order valence-corrected chi connectivity index (χ1v) is 43.5.